The van der Waals surface area contributed by atoms with E-state index < -0.39 is 22.2 Å². The van der Waals surface area contributed by atoms with E-state index in [2.05, 4.69) is 4.72 Å². The Hall–Kier alpha value is -1.89. The quantitative estimate of drug-likeness (QED) is 0.740. The first kappa shape index (κ1) is 17.0. The first-order valence-corrected chi connectivity index (χ1v) is 9.56. The van der Waals surface area contributed by atoms with Crippen molar-refractivity contribution in [1.82, 2.24) is 4.72 Å². The smallest absolute Gasteiger partial charge is 0.241 e. The Bertz CT molecular complexity index is 832. The summed E-state index contributed by atoms with van der Waals surface area (Å²) in [6, 6.07) is 11.5. The van der Waals surface area contributed by atoms with Crippen molar-refractivity contribution in [2.45, 2.75) is 43.2 Å². The summed E-state index contributed by atoms with van der Waals surface area (Å²) in [7, 11) is -3.72. The highest BCUT2D eigenvalue weighted by Gasteiger charge is 2.32. The van der Waals surface area contributed by atoms with Gasteiger partial charge in [0.05, 0.1) is 17.0 Å². The number of aliphatic hydroxyl groups is 1. The van der Waals surface area contributed by atoms with Crippen molar-refractivity contribution in [2.75, 3.05) is 5.73 Å². The fraction of sp³-hybridized carbons (Fsp3) is 0.333. The molecule has 0 bridgehead atoms. The predicted molar refractivity (Wildman–Crippen MR) is 94.1 cm³/mol. The highest BCUT2D eigenvalue weighted by atomic mass is 32.2. The Kier molecular flexibility index (Phi) is 4.62. The molecule has 1 aliphatic carbocycles. The molecule has 2 aromatic carbocycles. The van der Waals surface area contributed by atoms with Crippen LogP contribution >= 0.6 is 0 Å². The zero-order valence-corrected chi connectivity index (χ0v) is 14.4. The number of fused-ring (bicyclic) bond motifs is 1. The van der Waals surface area contributed by atoms with E-state index in [-0.39, 0.29) is 4.90 Å². The molecule has 0 saturated heterocycles. The molecule has 0 aromatic heterocycles. The van der Waals surface area contributed by atoms with E-state index >= 15 is 0 Å². The second-order valence-electron chi connectivity index (χ2n) is 6.16. The second kappa shape index (κ2) is 6.55. The minimum atomic E-state index is -3.72. The van der Waals surface area contributed by atoms with Gasteiger partial charge in [-0.1, -0.05) is 25.1 Å². The molecule has 0 aliphatic heterocycles. The average molecular weight is 346 g/mol. The second-order valence-corrected chi connectivity index (χ2v) is 7.87. The van der Waals surface area contributed by atoms with Crippen molar-refractivity contribution >= 4 is 15.7 Å². The van der Waals surface area contributed by atoms with Gasteiger partial charge in [-0.3, -0.25) is 0 Å². The predicted octanol–water partition coefficient (Wildman–Crippen LogP) is 2.16. The van der Waals surface area contributed by atoms with Crippen LogP contribution in [0.25, 0.3) is 0 Å². The number of nitrogen functional groups attached to an aromatic ring is 1. The van der Waals surface area contributed by atoms with E-state index in [0.717, 1.165) is 23.1 Å². The van der Waals surface area contributed by atoms with Crippen molar-refractivity contribution in [1.29, 1.82) is 0 Å². The molecule has 128 valence electrons. The minimum Gasteiger partial charge on any atom is -0.399 e. The Balaban J connectivity index is 1.93. The number of hydrogen-bond acceptors (Lipinski definition) is 4. The van der Waals surface area contributed by atoms with Crippen LogP contribution in [0.15, 0.2) is 47.4 Å². The molecule has 0 amide bonds. The van der Waals surface area contributed by atoms with Crippen molar-refractivity contribution in [3.05, 3.63) is 59.2 Å². The zero-order chi connectivity index (χ0) is 17.3. The maximum absolute atomic E-state index is 12.7. The Morgan fingerprint density at radius 3 is 2.58 bits per heavy atom. The van der Waals surface area contributed by atoms with Gasteiger partial charge in [0.1, 0.15) is 0 Å². The molecule has 0 fully saturated rings. The molecule has 2 atom stereocenters. The normalized spacial score (nSPS) is 20.6. The lowest BCUT2D eigenvalue weighted by atomic mass is 9.86. The molecule has 0 unspecified atom stereocenters. The molecule has 0 spiro atoms. The van der Waals surface area contributed by atoms with Crippen molar-refractivity contribution in [2.24, 2.45) is 0 Å². The molecule has 1 aliphatic rings. The van der Waals surface area contributed by atoms with Crippen LogP contribution in [0.5, 0.6) is 0 Å². The van der Waals surface area contributed by atoms with Gasteiger partial charge in [-0.05, 0) is 60.2 Å². The van der Waals surface area contributed by atoms with Crippen LogP contribution in [0.3, 0.4) is 0 Å². The van der Waals surface area contributed by atoms with Crippen LogP contribution in [0.4, 0.5) is 5.69 Å². The van der Waals surface area contributed by atoms with Crippen LogP contribution in [-0.2, 0) is 22.9 Å². The molecule has 24 heavy (non-hydrogen) atoms. The van der Waals surface area contributed by atoms with Crippen LogP contribution in [0.2, 0.25) is 0 Å². The van der Waals surface area contributed by atoms with Crippen molar-refractivity contribution < 1.29 is 13.5 Å². The molecule has 0 saturated carbocycles. The summed E-state index contributed by atoms with van der Waals surface area (Å²) in [5.41, 5.74) is 9.24. The number of hydrogen-bond donors (Lipinski definition) is 3. The monoisotopic (exact) mass is 346 g/mol. The summed E-state index contributed by atoms with van der Waals surface area (Å²) in [4.78, 5) is 0.197. The van der Waals surface area contributed by atoms with E-state index in [4.69, 9.17) is 5.73 Å². The zero-order valence-electron chi connectivity index (χ0n) is 13.6. The standard InChI is InChI=1S/C18H22N2O3S/c1-2-12-3-8-15(9-4-12)24(22,23)20-18-16-11-14(19)7-5-13(16)6-10-17(18)21/h3-5,7-9,11,17-18,20-21H,2,6,10,19H2,1H3/t17-,18-/m1/s1. The van der Waals surface area contributed by atoms with E-state index in [1.54, 1.807) is 36.4 Å². The highest BCUT2D eigenvalue weighted by Crippen LogP contribution is 2.32. The number of nitrogens with one attached hydrogen (secondary N) is 1. The third-order valence-electron chi connectivity index (χ3n) is 4.52. The van der Waals surface area contributed by atoms with Gasteiger partial charge in [0.2, 0.25) is 10.0 Å². The molecule has 0 radical (unpaired) electrons. The lowest BCUT2D eigenvalue weighted by Gasteiger charge is -2.31. The summed E-state index contributed by atoms with van der Waals surface area (Å²) in [5, 5.41) is 10.3. The SMILES string of the molecule is CCc1ccc(S(=O)(=O)N[C@@H]2c3cc(N)ccc3CC[C@H]2O)cc1. The summed E-state index contributed by atoms with van der Waals surface area (Å²) in [6.45, 7) is 2.02. The van der Waals surface area contributed by atoms with Gasteiger partial charge in [0, 0.05) is 5.69 Å². The number of rotatable bonds is 4. The third kappa shape index (κ3) is 3.31. The summed E-state index contributed by atoms with van der Waals surface area (Å²) < 4.78 is 28.0. The van der Waals surface area contributed by atoms with Gasteiger partial charge in [-0.25, -0.2) is 13.1 Å². The topological polar surface area (TPSA) is 92.4 Å². The maximum atomic E-state index is 12.7. The minimum absolute atomic E-state index is 0.197. The summed E-state index contributed by atoms with van der Waals surface area (Å²) >= 11 is 0. The Morgan fingerprint density at radius 1 is 1.21 bits per heavy atom. The van der Waals surface area contributed by atoms with E-state index in [9.17, 15) is 13.5 Å². The van der Waals surface area contributed by atoms with E-state index in [1.165, 1.54) is 0 Å². The van der Waals surface area contributed by atoms with Crippen LogP contribution in [0, 0.1) is 0 Å². The molecule has 0 heterocycles. The highest BCUT2D eigenvalue weighted by molar-refractivity contribution is 7.89. The average Bonchev–Trinajstić information content (AvgIpc) is 2.57. The number of anilines is 1. The Labute approximate surface area is 142 Å². The fourth-order valence-corrected chi connectivity index (χ4v) is 4.34. The number of sulfonamides is 1. The van der Waals surface area contributed by atoms with Crippen molar-refractivity contribution in [3.63, 3.8) is 0 Å². The lowest BCUT2D eigenvalue weighted by Crippen LogP contribution is -2.39. The Morgan fingerprint density at radius 2 is 1.92 bits per heavy atom. The van der Waals surface area contributed by atoms with Crippen molar-refractivity contribution in [3.8, 4) is 0 Å². The van der Waals surface area contributed by atoms with Gasteiger partial charge in [-0.15, -0.1) is 0 Å². The van der Waals surface area contributed by atoms with Gasteiger partial charge in [-0.2, -0.15) is 0 Å². The molecule has 4 N–H and O–H groups in total. The number of benzene rings is 2. The molecular formula is C18H22N2O3S. The van der Waals surface area contributed by atoms with Gasteiger partial charge in [0.15, 0.2) is 0 Å². The largest absolute Gasteiger partial charge is 0.399 e. The van der Waals surface area contributed by atoms with Gasteiger partial charge in [0.25, 0.3) is 0 Å². The number of aryl methyl sites for hydroxylation is 2. The summed E-state index contributed by atoms with van der Waals surface area (Å²) in [5.74, 6) is 0. The van der Waals surface area contributed by atoms with E-state index in [1.807, 2.05) is 13.0 Å². The first-order chi connectivity index (χ1) is 11.4. The molecular weight excluding hydrogens is 324 g/mol. The number of aliphatic hydroxyl groups excluding tert-OH is 1. The number of nitrogens with two attached hydrogens (primary N) is 1. The molecule has 3 rings (SSSR count). The van der Waals surface area contributed by atoms with Crippen LogP contribution < -0.4 is 10.5 Å². The van der Waals surface area contributed by atoms with Crippen LogP contribution in [0.1, 0.15) is 36.1 Å². The first-order valence-electron chi connectivity index (χ1n) is 8.08. The molecule has 5 nitrogen and oxygen atoms in total. The van der Waals surface area contributed by atoms with Gasteiger partial charge < -0.3 is 10.8 Å². The summed E-state index contributed by atoms with van der Waals surface area (Å²) in [6.07, 6.45) is 1.30. The fourth-order valence-electron chi connectivity index (χ4n) is 3.09. The molecule has 2 aromatic rings. The van der Waals surface area contributed by atoms with E-state index in [0.29, 0.717) is 18.5 Å². The third-order valence-corrected chi connectivity index (χ3v) is 5.98. The lowest BCUT2D eigenvalue weighted by molar-refractivity contribution is 0.121. The molecule has 6 heteroatoms. The van der Waals surface area contributed by atoms with Crippen LogP contribution in [-0.4, -0.2) is 19.6 Å². The maximum Gasteiger partial charge on any atom is 0.241 e. The van der Waals surface area contributed by atoms with Gasteiger partial charge >= 0.3 is 0 Å².